The number of ether oxygens (including phenoxy) is 1. The van der Waals surface area contributed by atoms with Gasteiger partial charge in [0, 0.05) is 4.47 Å². The molecule has 0 atom stereocenters. The maximum absolute atomic E-state index is 12.1. The van der Waals surface area contributed by atoms with Crippen molar-refractivity contribution in [1.29, 1.82) is 0 Å². The number of carbonyl (C=O) groups is 1. The van der Waals surface area contributed by atoms with Crippen LogP contribution in [0, 0.1) is 13.8 Å². The Balaban J connectivity index is 1.86. The lowest BCUT2D eigenvalue weighted by molar-refractivity contribution is 0.0947. The highest BCUT2D eigenvalue weighted by Crippen LogP contribution is 2.21. The molecule has 1 N–H and O–H groups in total. The fraction of sp³-hybridized carbons (Fsp3) is 0.235. The largest absolute Gasteiger partial charge is 0.491 e. The number of hydrogen-bond acceptors (Lipinski definition) is 2. The number of halogens is 2. The summed E-state index contributed by atoms with van der Waals surface area (Å²) in [6.45, 7) is 4.86. The first-order valence-electron chi connectivity index (χ1n) is 6.90. The van der Waals surface area contributed by atoms with Gasteiger partial charge < -0.3 is 10.1 Å². The molecule has 0 saturated carbocycles. The van der Waals surface area contributed by atoms with E-state index in [0.717, 1.165) is 15.8 Å². The van der Waals surface area contributed by atoms with Crippen LogP contribution in [0.3, 0.4) is 0 Å². The zero-order chi connectivity index (χ0) is 16.1. The Labute approximate surface area is 143 Å². The minimum atomic E-state index is -0.212. The smallest absolute Gasteiger partial charge is 0.252 e. The van der Waals surface area contributed by atoms with Crippen LogP contribution in [-0.2, 0) is 0 Å². The molecular weight excluding hydrogens is 366 g/mol. The summed E-state index contributed by atoms with van der Waals surface area (Å²) in [5.74, 6) is 0.621. The van der Waals surface area contributed by atoms with Crippen molar-refractivity contribution in [2.45, 2.75) is 13.8 Å². The molecule has 0 bridgehead atoms. The van der Waals surface area contributed by atoms with E-state index in [-0.39, 0.29) is 5.91 Å². The minimum absolute atomic E-state index is 0.212. The molecule has 2 aromatic rings. The molecule has 0 unspecified atom stereocenters. The number of aryl methyl sites for hydroxylation is 2. The van der Waals surface area contributed by atoms with Crippen molar-refractivity contribution in [3.8, 4) is 5.75 Å². The predicted molar refractivity (Wildman–Crippen MR) is 92.9 cm³/mol. The van der Waals surface area contributed by atoms with Crippen LogP contribution < -0.4 is 10.1 Å². The molecule has 3 nitrogen and oxygen atoms in total. The standard InChI is InChI=1S/C17H17BrClNO2/c1-11-3-6-16(12(2)9-11)22-8-7-20-17(21)14-10-13(18)4-5-15(14)19/h3-6,9-10H,7-8H2,1-2H3,(H,20,21). The van der Waals surface area contributed by atoms with E-state index in [1.54, 1.807) is 18.2 Å². The van der Waals surface area contributed by atoms with E-state index in [9.17, 15) is 4.79 Å². The van der Waals surface area contributed by atoms with Crippen LogP contribution in [0.15, 0.2) is 40.9 Å². The van der Waals surface area contributed by atoms with Crippen molar-refractivity contribution in [3.63, 3.8) is 0 Å². The second kappa shape index (κ2) is 7.65. The number of rotatable bonds is 5. The molecule has 5 heteroatoms. The van der Waals surface area contributed by atoms with Crippen molar-refractivity contribution in [2.75, 3.05) is 13.2 Å². The van der Waals surface area contributed by atoms with E-state index in [1.807, 2.05) is 26.0 Å². The van der Waals surface area contributed by atoms with Gasteiger partial charge in [0.1, 0.15) is 12.4 Å². The third kappa shape index (κ3) is 4.49. The maximum Gasteiger partial charge on any atom is 0.252 e. The normalized spacial score (nSPS) is 10.4. The SMILES string of the molecule is Cc1ccc(OCCNC(=O)c2cc(Br)ccc2Cl)c(C)c1. The van der Waals surface area contributed by atoms with Gasteiger partial charge in [0.2, 0.25) is 0 Å². The summed E-state index contributed by atoms with van der Waals surface area (Å²) >= 11 is 9.35. The molecule has 1 amide bonds. The zero-order valence-corrected chi connectivity index (χ0v) is 14.8. The lowest BCUT2D eigenvalue weighted by Crippen LogP contribution is -2.28. The minimum Gasteiger partial charge on any atom is -0.491 e. The van der Waals surface area contributed by atoms with E-state index in [2.05, 4.69) is 27.3 Å². The van der Waals surface area contributed by atoms with E-state index in [4.69, 9.17) is 16.3 Å². The Morgan fingerprint density at radius 2 is 2.00 bits per heavy atom. The highest BCUT2D eigenvalue weighted by molar-refractivity contribution is 9.10. The maximum atomic E-state index is 12.1. The lowest BCUT2D eigenvalue weighted by Gasteiger charge is -2.11. The van der Waals surface area contributed by atoms with Crippen molar-refractivity contribution in [3.05, 3.63) is 62.6 Å². The average molecular weight is 383 g/mol. The number of nitrogens with one attached hydrogen (secondary N) is 1. The Hall–Kier alpha value is -1.52. The first kappa shape index (κ1) is 16.8. The van der Waals surface area contributed by atoms with Gasteiger partial charge in [-0.15, -0.1) is 0 Å². The average Bonchev–Trinajstić information content (AvgIpc) is 2.47. The summed E-state index contributed by atoms with van der Waals surface area (Å²) in [5, 5.41) is 3.23. The van der Waals surface area contributed by atoms with Crippen LogP contribution in [0.2, 0.25) is 5.02 Å². The number of amides is 1. The lowest BCUT2D eigenvalue weighted by atomic mass is 10.1. The molecule has 0 aliphatic carbocycles. The second-order valence-electron chi connectivity index (χ2n) is 5.00. The molecule has 2 aromatic carbocycles. The number of benzene rings is 2. The molecule has 0 aliphatic rings. The molecule has 0 saturated heterocycles. The van der Waals surface area contributed by atoms with Crippen LogP contribution in [0.4, 0.5) is 0 Å². The molecule has 0 heterocycles. The Morgan fingerprint density at radius 3 is 2.73 bits per heavy atom. The summed E-state index contributed by atoms with van der Waals surface area (Å²) in [5.41, 5.74) is 2.73. The summed E-state index contributed by atoms with van der Waals surface area (Å²) in [6.07, 6.45) is 0. The van der Waals surface area contributed by atoms with Gasteiger partial charge in [-0.1, -0.05) is 45.2 Å². The van der Waals surface area contributed by atoms with Crippen molar-refractivity contribution in [2.24, 2.45) is 0 Å². The highest BCUT2D eigenvalue weighted by atomic mass is 79.9. The van der Waals surface area contributed by atoms with Crippen molar-refractivity contribution < 1.29 is 9.53 Å². The first-order chi connectivity index (χ1) is 10.5. The van der Waals surface area contributed by atoms with E-state index in [1.165, 1.54) is 5.56 Å². The molecule has 2 rings (SSSR count). The second-order valence-corrected chi connectivity index (χ2v) is 6.32. The fourth-order valence-electron chi connectivity index (χ4n) is 2.05. The Morgan fingerprint density at radius 1 is 1.23 bits per heavy atom. The number of hydrogen-bond donors (Lipinski definition) is 1. The quantitative estimate of drug-likeness (QED) is 0.772. The van der Waals surface area contributed by atoms with Crippen LogP contribution in [-0.4, -0.2) is 19.1 Å². The molecule has 22 heavy (non-hydrogen) atoms. The molecular formula is C17H17BrClNO2. The van der Waals surface area contributed by atoms with Gasteiger partial charge >= 0.3 is 0 Å². The molecule has 0 aliphatic heterocycles. The van der Waals surface area contributed by atoms with Gasteiger partial charge in [-0.2, -0.15) is 0 Å². The van der Waals surface area contributed by atoms with E-state index >= 15 is 0 Å². The highest BCUT2D eigenvalue weighted by Gasteiger charge is 2.10. The topological polar surface area (TPSA) is 38.3 Å². The monoisotopic (exact) mass is 381 g/mol. The van der Waals surface area contributed by atoms with Crippen LogP contribution in [0.25, 0.3) is 0 Å². The molecule has 0 aromatic heterocycles. The van der Waals surface area contributed by atoms with Gasteiger partial charge in [-0.05, 0) is 43.7 Å². The summed E-state index contributed by atoms with van der Waals surface area (Å²) in [4.78, 5) is 12.1. The zero-order valence-electron chi connectivity index (χ0n) is 12.5. The van der Waals surface area contributed by atoms with Crippen LogP contribution >= 0.6 is 27.5 Å². The van der Waals surface area contributed by atoms with Gasteiger partial charge in [-0.3, -0.25) is 4.79 Å². The fourth-order valence-corrected chi connectivity index (χ4v) is 2.62. The summed E-state index contributed by atoms with van der Waals surface area (Å²) in [6, 6.07) is 11.2. The van der Waals surface area contributed by atoms with Crippen molar-refractivity contribution in [1.82, 2.24) is 5.32 Å². The van der Waals surface area contributed by atoms with Gasteiger partial charge in [0.25, 0.3) is 5.91 Å². The first-order valence-corrected chi connectivity index (χ1v) is 8.08. The number of carbonyl (C=O) groups excluding carboxylic acids is 1. The summed E-state index contributed by atoms with van der Waals surface area (Å²) < 4.78 is 6.49. The molecule has 0 radical (unpaired) electrons. The van der Waals surface area contributed by atoms with E-state index < -0.39 is 0 Å². The third-order valence-corrected chi connectivity index (χ3v) is 3.97. The van der Waals surface area contributed by atoms with Gasteiger partial charge in [0.15, 0.2) is 0 Å². The molecule has 116 valence electrons. The molecule has 0 fully saturated rings. The third-order valence-electron chi connectivity index (χ3n) is 3.15. The van der Waals surface area contributed by atoms with Gasteiger partial charge in [-0.25, -0.2) is 0 Å². The Bertz CT molecular complexity index is 688. The predicted octanol–water partition coefficient (Wildman–Crippen LogP) is 4.53. The van der Waals surface area contributed by atoms with Crippen LogP contribution in [0.5, 0.6) is 5.75 Å². The summed E-state index contributed by atoms with van der Waals surface area (Å²) in [7, 11) is 0. The van der Waals surface area contributed by atoms with Crippen molar-refractivity contribution >= 4 is 33.4 Å². The van der Waals surface area contributed by atoms with E-state index in [0.29, 0.717) is 23.7 Å². The Kier molecular flexibility index (Phi) is 5.86. The van der Waals surface area contributed by atoms with Gasteiger partial charge in [0.05, 0.1) is 17.1 Å². The molecule has 0 spiro atoms. The van der Waals surface area contributed by atoms with Crippen LogP contribution in [0.1, 0.15) is 21.5 Å².